The number of hydrogen-bond acceptors (Lipinski definition) is 1. The van der Waals surface area contributed by atoms with Gasteiger partial charge >= 0.3 is 0 Å². The number of benzene rings is 7. The molecule has 0 bridgehead atoms. The molecule has 2 unspecified atom stereocenters. The van der Waals surface area contributed by atoms with Gasteiger partial charge in [-0.3, -0.25) is 0 Å². The van der Waals surface area contributed by atoms with Crippen molar-refractivity contribution in [1.82, 2.24) is 9.13 Å². The number of para-hydroxylation sites is 4. The van der Waals surface area contributed by atoms with Gasteiger partial charge in [0.25, 0.3) is 0 Å². The Balaban J connectivity index is 1.25. The summed E-state index contributed by atoms with van der Waals surface area (Å²) >= 11 is 0. The SMILES string of the molecule is C1=CC2C(c3c(ccc4c5ccccc5n(-c5ccccc5)c34)N2c2ccc(-c3ccccc3)cc2)c2c1c1ccccc1n2-c1ccccc1. The zero-order valence-corrected chi connectivity index (χ0v) is 27.9. The molecule has 0 radical (unpaired) electrons. The van der Waals surface area contributed by atoms with E-state index in [-0.39, 0.29) is 12.0 Å². The Hall–Kier alpha value is -6.58. The maximum atomic E-state index is 2.59. The molecule has 0 fully saturated rings. The van der Waals surface area contributed by atoms with Gasteiger partial charge in [-0.2, -0.15) is 0 Å². The van der Waals surface area contributed by atoms with Gasteiger partial charge in [0, 0.05) is 55.7 Å². The van der Waals surface area contributed by atoms with Crippen LogP contribution in [0.3, 0.4) is 0 Å². The first-order valence-corrected chi connectivity index (χ1v) is 17.8. The predicted octanol–water partition coefficient (Wildman–Crippen LogP) is 12.1. The van der Waals surface area contributed by atoms with Crippen LogP contribution < -0.4 is 4.90 Å². The molecule has 0 saturated carbocycles. The van der Waals surface area contributed by atoms with Gasteiger partial charge in [0.1, 0.15) is 0 Å². The van der Waals surface area contributed by atoms with E-state index in [1.54, 1.807) is 0 Å². The third kappa shape index (κ3) is 4.06. The average molecular weight is 652 g/mol. The van der Waals surface area contributed by atoms with Gasteiger partial charge in [-0.05, 0) is 65.7 Å². The predicted molar refractivity (Wildman–Crippen MR) is 213 cm³/mol. The average Bonchev–Trinajstić information content (AvgIpc) is 3.85. The number of hydrogen-bond donors (Lipinski definition) is 0. The zero-order valence-electron chi connectivity index (χ0n) is 27.9. The van der Waals surface area contributed by atoms with Crippen LogP contribution in [0.2, 0.25) is 0 Å². The van der Waals surface area contributed by atoms with Crippen LogP contribution >= 0.6 is 0 Å². The third-order valence-electron chi connectivity index (χ3n) is 11.1. The molecule has 1 aliphatic heterocycles. The van der Waals surface area contributed by atoms with Crippen molar-refractivity contribution in [3.05, 3.63) is 199 Å². The number of fused-ring (bicyclic) bond motifs is 11. The summed E-state index contributed by atoms with van der Waals surface area (Å²) in [5.41, 5.74) is 15.0. The highest BCUT2D eigenvalue weighted by Crippen LogP contribution is 2.56. The van der Waals surface area contributed by atoms with Gasteiger partial charge in [-0.25, -0.2) is 0 Å². The van der Waals surface area contributed by atoms with Crippen molar-refractivity contribution in [2.24, 2.45) is 0 Å². The largest absolute Gasteiger partial charge is 0.333 e. The minimum Gasteiger partial charge on any atom is -0.333 e. The molecule has 240 valence electrons. The topological polar surface area (TPSA) is 13.1 Å². The molecule has 11 rings (SSSR count). The van der Waals surface area contributed by atoms with Crippen LogP contribution in [0.1, 0.15) is 22.7 Å². The van der Waals surface area contributed by atoms with E-state index in [1.807, 2.05) is 0 Å². The van der Waals surface area contributed by atoms with Crippen molar-refractivity contribution < 1.29 is 0 Å². The number of rotatable bonds is 4. The van der Waals surface area contributed by atoms with E-state index in [4.69, 9.17) is 0 Å². The Labute approximate surface area is 296 Å². The van der Waals surface area contributed by atoms with Crippen molar-refractivity contribution in [3.63, 3.8) is 0 Å². The molecule has 7 aromatic carbocycles. The van der Waals surface area contributed by atoms with Gasteiger partial charge in [-0.1, -0.05) is 133 Å². The Morgan fingerprint density at radius 1 is 0.412 bits per heavy atom. The first-order chi connectivity index (χ1) is 25.3. The Kier molecular flexibility index (Phi) is 6.08. The maximum absolute atomic E-state index is 2.59. The second-order valence-corrected chi connectivity index (χ2v) is 13.7. The second-order valence-electron chi connectivity index (χ2n) is 13.7. The monoisotopic (exact) mass is 651 g/mol. The molecule has 51 heavy (non-hydrogen) atoms. The fourth-order valence-corrected chi connectivity index (χ4v) is 8.98. The van der Waals surface area contributed by atoms with Crippen molar-refractivity contribution in [1.29, 1.82) is 0 Å². The summed E-state index contributed by atoms with van der Waals surface area (Å²) in [6, 6.07) is 64.2. The quantitative estimate of drug-likeness (QED) is 0.185. The molecule has 2 aromatic heterocycles. The molecule has 9 aromatic rings. The normalized spacial score (nSPS) is 16.1. The molecule has 0 spiro atoms. The summed E-state index contributed by atoms with van der Waals surface area (Å²) < 4.78 is 5.04. The van der Waals surface area contributed by atoms with Crippen LogP contribution in [0.25, 0.3) is 61.3 Å². The van der Waals surface area contributed by atoms with E-state index in [0.29, 0.717) is 0 Å². The molecule has 3 nitrogen and oxygen atoms in total. The van der Waals surface area contributed by atoms with E-state index < -0.39 is 0 Å². The van der Waals surface area contributed by atoms with E-state index in [2.05, 4.69) is 202 Å². The smallest absolute Gasteiger partial charge is 0.0651 e. The Morgan fingerprint density at radius 3 is 1.69 bits per heavy atom. The molecule has 3 heteroatoms. The molecule has 0 N–H and O–H groups in total. The third-order valence-corrected chi connectivity index (χ3v) is 11.1. The van der Waals surface area contributed by atoms with E-state index in [1.165, 1.54) is 83.4 Å². The summed E-state index contributed by atoms with van der Waals surface area (Å²) in [4.78, 5) is 2.59. The van der Waals surface area contributed by atoms with Gasteiger partial charge in [0.15, 0.2) is 0 Å². The molecular weight excluding hydrogens is 619 g/mol. The van der Waals surface area contributed by atoms with Crippen molar-refractivity contribution >= 4 is 50.2 Å². The summed E-state index contributed by atoms with van der Waals surface area (Å²) in [5.74, 6) is 0.0666. The lowest BCUT2D eigenvalue weighted by Gasteiger charge is -2.31. The van der Waals surface area contributed by atoms with E-state index in [0.717, 1.165) is 0 Å². The molecule has 0 amide bonds. The molecule has 2 aliphatic rings. The molecule has 1 aliphatic carbocycles. The fourth-order valence-electron chi connectivity index (χ4n) is 8.98. The van der Waals surface area contributed by atoms with Crippen LogP contribution in [-0.2, 0) is 0 Å². The number of nitrogens with zero attached hydrogens (tertiary/aromatic N) is 3. The highest BCUT2D eigenvalue weighted by Gasteiger charge is 2.46. The van der Waals surface area contributed by atoms with Gasteiger partial charge in [-0.15, -0.1) is 0 Å². The second kappa shape index (κ2) is 11.0. The van der Waals surface area contributed by atoms with Crippen LogP contribution in [0.15, 0.2) is 182 Å². The lowest BCUT2D eigenvalue weighted by molar-refractivity contribution is 0.694. The highest BCUT2D eigenvalue weighted by molar-refractivity contribution is 6.13. The highest BCUT2D eigenvalue weighted by atomic mass is 15.2. The maximum Gasteiger partial charge on any atom is 0.0651 e. The van der Waals surface area contributed by atoms with Gasteiger partial charge in [0.05, 0.1) is 28.5 Å². The van der Waals surface area contributed by atoms with Crippen LogP contribution in [0.5, 0.6) is 0 Å². The first-order valence-electron chi connectivity index (χ1n) is 17.8. The summed E-state index contributed by atoms with van der Waals surface area (Å²) in [7, 11) is 0. The van der Waals surface area contributed by atoms with E-state index in [9.17, 15) is 0 Å². The van der Waals surface area contributed by atoms with E-state index >= 15 is 0 Å². The van der Waals surface area contributed by atoms with Gasteiger partial charge < -0.3 is 14.0 Å². The first kappa shape index (κ1) is 28.3. The minimum atomic E-state index is 0.0666. The van der Waals surface area contributed by atoms with Crippen LogP contribution in [0.4, 0.5) is 11.4 Å². The molecule has 2 atom stereocenters. The van der Waals surface area contributed by atoms with Crippen molar-refractivity contribution in [3.8, 4) is 22.5 Å². The summed E-state index contributed by atoms with van der Waals surface area (Å²) in [6.07, 6.45) is 4.85. The standard InChI is InChI=1S/C48H33N3/c1-4-14-32(15-5-1)33-24-26-36(27-25-33)49-43-30-28-39-37-20-10-12-22-41(37)50(34-16-6-2-7-17-34)47(39)45(43)46-44(49)31-29-40-38-21-11-13-23-42(38)51(48(40)46)35-18-8-3-9-19-35/h1-31,43,45H. The Morgan fingerprint density at radius 2 is 0.980 bits per heavy atom. The zero-order chi connectivity index (χ0) is 33.5. The van der Waals surface area contributed by atoms with Crippen LogP contribution in [0, 0.1) is 0 Å². The fraction of sp³-hybridized carbons (Fsp3) is 0.0417. The summed E-state index contributed by atoms with van der Waals surface area (Å²) in [5, 5.41) is 3.84. The van der Waals surface area contributed by atoms with Gasteiger partial charge in [0.2, 0.25) is 0 Å². The molecule has 0 saturated heterocycles. The minimum absolute atomic E-state index is 0.0666. The molecular formula is C48H33N3. The van der Waals surface area contributed by atoms with Crippen LogP contribution in [-0.4, -0.2) is 15.2 Å². The number of anilines is 2. The lowest BCUT2D eigenvalue weighted by Crippen LogP contribution is -2.31. The van der Waals surface area contributed by atoms with Crippen molar-refractivity contribution in [2.75, 3.05) is 4.90 Å². The summed E-state index contributed by atoms with van der Waals surface area (Å²) in [6.45, 7) is 0. The lowest BCUT2D eigenvalue weighted by atomic mass is 9.83. The Bertz CT molecular complexity index is 2790. The molecule has 3 heterocycles. The number of aromatic nitrogens is 2. The van der Waals surface area contributed by atoms with Crippen molar-refractivity contribution in [2.45, 2.75) is 12.0 Å².